The van der Waals surface area contributed by atoms with Crippen LogP contribution in [-0.4, -0.2) is 67.5 Å². The van der Waals surface area contributed by atoms with E-state index in [1.165, 1.54) is 4.90 Å². The van der Waals surface area contributed by atoms with Crippen molar-refractivity contribution in [3.63, 3.8) is 0 Å². The Bertz CT molecular complexity index is 1450. The third kappa shape index (κ3) is 6.28. The number of carbonyl (C=O) groups excluding carboxylic acids is 3. The number of hydrogen-bond acceptors (Lipinski definition) is 6. The number of aliphatic hydroxyl groups is 1. The quantitative estimate of drug-likeness (QED) is 0.303. The van der Waals surface area contributed by atoms with E-state index < -0.39 is 41.5 Å². The maximum absolute atomic E-state index is 14.1. The number of rotatable bonds is 11. The lowest BCUT2D eigenvalue weighted by molar-refractivity contribution is -0.144. The fourth-order valence-corrected chi connectivity index (χ4v) is 5.52. The summed E-state index contributed by atoms with van der Waals surface area (Å²) < 4.78 is 1.54. The van der Waals surface area contributed by atoms with Crippen molar-refractivity contribution in [3.05, 3.63) is 84.7 Å². The number of benzene rings is 2. The van der Waals surface area contributed by atoms with E-state index in [0.29, 0.717) is 5.92 Å². The van der Waals surface area contributed by atoms with Crippen molar-refractivity contribution in [1.29, 1.82) is 0 Å². The van der Waals surface area contributed by atoms with Gasteiger partial charge in [0.1, 0.15) is 18.1 Å². The van der Waals surface area contributed by atoms with Gasteiger partial charge in [0.25, 0.3) is 0 Å². The molecule has 4 atom stereocenters. The van der Waals surface area contributed by atoms with Crippen molar-refractivity contribution in [2.45, 2.75) is 69.7 Å². The van der Waals surface area contributed by atoms with Crippen LogP contribution in [-0.2, 0) is 20.8 Å². The van der Waals surface area contributed by atoms with Gasteiger partial charge >= 0.3 is 0 Å². The van der Waals surface area contributed by atoms with Crippen LogP contribution in [0.5, 0.6) is 0 Å². The molecule has 220 valence electrons. The second-order valence-electron chi connectivity index (χ2n) is 12.0. The lowest BCUT2D eigenvalue weighted by Crippen LogP contribution is -2.54. The number of nitrogens with one attached hydrogen (secondary N) is 1. The number of likely N-dealkylation sites (tertiary alicyclic amines) is 1. The van der Waals surface area contributed by atoms with Crippen LogP contribution in [0.3, 0.4) is 0 Å². The molecule has 4 N–H and O–H groups in total. The van der Waals surface area contributed by atoms with Gasteiger partial charge in [-0.3, -0.25) is 14.4 Å². The van der Waals surface area contributed by atoms with Crippen LogP contribution in [0.15, 0.2) is 73.4 Å². The van der Waals surface area contributed by atoms with Crippen LogP contribution < -0.4 is 11.1 Å². The van der Waals surface area contributed by atoms with Gasteiger partial charge in [0.15, 0.2) is 0 Å². The SMILES string of the molecule is C=CC(C)(C)C(C(=O)N1CC(O)CC1C(=O)NC(Cc1ccc(-c2ccccc2)cc1)C(N)=O)n1cc(C2CC2)nn1. The van der Waals surface area contributed by atoms with Crippen LogP contribution in [0.1, 0.15) is 56.3 Å². The van der Waals surface area contributed by atoms with Gasteiger partial charge in [0, 0.05) is 36.9 Å². The molecule has 0 bridgehead atoms. The predicted molar refractivity (Wildman–Crippen MR) is 158 cm³/mol. The summed E-state index contributed by atoms with van der Waals surface area (Å²) >= 11 is 0. The Kier molecular flexibility index (Phi) is 8.27. The fraction of sp³-hybridized carbons (Fsp3) is 0.406. The zero-order chi connectivity index (χ0) is 30.0. The number of nitrogens with two attached hydrogens (primary N) is 1. The maximum atomic E-state index is 14.1. The number of aliphatic hydroxyl groups excluding tert-OH is 1. The summed E-state index contributed by atoms with van der Waals surface area (Å²) in [5, 5.41) is 21.8. The van der Waals surface area contributed by atoms with Gasteiger partial charge in [-0.05, 0) is 29.5 Å². The minimum atomic E-state index is -0.994. The molecule has 1 aliphatic carbocycles. The van der Waals surface area contributed by atoms with E-state index >= 15 is 0 Å². The van der Waals surface area contributed by atoms with Crippen molar-refractivity contribution in [3.8, 4) is 11.1 Å². The molecule has 10 heteroatoms. The number of β-amino-alcohol motifs (C(OH)–C–C–N with tert-alkyl or cyclic N) is 1. The van der Waals surface area contributed by atoms with Crippen LogP contribution >= 0.6 is 0 Å². The molecule has 10 nitrogen and oxygen atoms in total. The maximum Gasteiger partial charge on any atom is 0.249 e. The van der Waals surface area contributed by atoms with E-state index in [0.717, 1.165) is 35.2 Å². The van der Waals surface area contributed by atoms with E-state index in [4.69, 9.17) is 5.73 Å². The van der Waals surface area contributed by atoms with Crippen molar-refractivity contribution in [2.75, 3.05) is 6.54 Å². The number of hydrogen-bond donors (Lipinski definition) is 3. The predicted octanol–water partition coefficient (Wildman–Crippen LogP) is 2.75. The highest BCUT2D eigenvalue weighted by atomic mass is 16.3. The number of nitrogens with zero attached hydrogens (tertiary/aromatic N) is 4. The number of carbonyl (C=O) groups is 3. The Morgan fingerprint density at radius 2 is 1.79 bits per heavy atom. The summed E-state index contributed by atoms with van der Waals surface area (Å²) in [7, 11) is 0. The second-order valence-corrected chi connectivity index (χ2v) is 12.0. The molecular weight excluding hydrogens is 532 g/mol. The molecule has 0 radical (unpaired) electrons. The molecule has 1 saturated carbocycles. The van der Waals surface area contributed by atoms with E-state index in [2.05, 4.69) is 22.2 Å². The first-order chi connectivity index (χ1) is 20.1. The number of primary amides is 1. The topological polar surface area (TPSA) is 143 Å². The lowest BCUT2D eigenvalue weighted by Gasteiger charge is -2.35. The molecule has 0 spiro atoms. The van der Waals surface area contributed by atoms with E-state index in [-0.39, 0.29) is 25.3 Å². The monoisotopic (exact) mass is 570 g/mol. The molecular formula is C32H38N6O4. The molecule has 1 aliphatic heterocycles. The van der Waals surface area contributed by atoms with Crippen LogP contribution in [0.4, 0.5) is 0 Å². The van der Waals surface area contributed by atoms with Gasteiger partial charge in [-0.2, -0.15) is 0 Å². The average molecular weight is 571 g/mol. The summed E-state index contributed by atoms with van der Waals surface area (Å²) in [6.07, 6.45) is 4.89. The van der Waals surface area contributed by atoms with Gasteiger partial charge in [0.05, 0.1) is 11.8 Å². The standard InChI is InChI=1S/C32H38N6O4/c1-4-32(2,3)28(38-19-26(35-36-38)23-14-15-23)31(42)37-18-24(39)17-27(37)30(41)34-25(29(33)40)16-20-10-12-22(13-11-20)21-8-6-5-7-9-21/h4-13,19,23-25,27-28,39H,1,14-18H2,2-3H3,(H2,33,40)(H,34,41). The summed E-state index contributed by atoms with van der Waals surface area (Å²) in [6, 6.07) is 14.8. The summed E-state index contributed by atoms with van der Waals surface area (Å²) in [4.78, 5) is 41.4. The van der Waals surface area contributed by atoms with E-state index in [1.807, 2.05) is 68.4 Å². The first kappa shape index (κ1) is 29.2. The molecule has 5 rings (SSSR count). The van der Waals surface area contributed by atoms with Gasteiger partial charge < -0.3 is 21.1 Å². The Hall–Kier alpha value is -4.31. The molecule has 2 aliphatic rings. The molecule has 2 fully saturated rings. The molecule has 2 heterocycles. The highest BCUT2D eigenvalue weighted by molar-refractivity contribution is 5.93. The third-order valence-electron chi connectivity index (χ3n) is 8.28. The number of aromatic nitrogens is 3. The molecule has 3 amide bonds. The Balaban J connectivity index is 1.32. The normalized spacial score (nSPS) is 20.1. The Morgan fingerprint density at radius 3 is 2.40 bits per heavy atom. The minimum Gasteiger partial charge on any atom is -0.391 e. The van der Waals surface area contributed by atoms with Crippen molar-refractivity contribution >= 4 is 17.7 Å². The van der Waals surface area contributed by atoms with Crippen molar-refractivity contribution in [1.82, 2.24) is 25.2 Å². The first-order valence-electron chi connectivity index (χ1n) is 14.4. The van der Waals surface area contributed by atoms with Gasteiger partial charge in [0.2, 0.25) is 17.7 Å². The average Bonchev–Trinajstić information content (AvgIpc) is 3.59. The van der Waals surface area contributed by atoms with Crippen LogP contribution in [0, 0.1) is 5.41 Å². The van der Waals surface area contributed by atoms with Gasteiger partial charge in [-0.15, -0.1) is 11.7 Å². The summed E-state index contributed by atoms with van der Waals surface area (Å²) in [5.41, 5.74) is 8.72. The molecule has 1 saturated heterocycles. The second kappa shape index (κ2) is 11.9. The zero-order valence-electron chi connectivity index (χ0n) is 24.0. The van der Waals surface area contributed by atoms with E-state index in [1.54, 1.807) is 17.0 Å². The third-order valence-corrected chi connectivity index (χ3v) is 8.28. The smallest absolute Gasteiger partial charge is 0.249 e. The molecule has 2 aromatic carbocycles. The number of amides is 3. The van der Waals surface area contributed by atoms with Crippen molar-refractivity contribution in [2.24, 2.45) is 11.1 Å². The number of allylic oxidation sites excluding steroid dienone is 1. The fourth-order valence-electron chi connectivity index (χ4n) is 5.52. The van der Waals surface area contributed by atoms with Crippen LogP contribution in [0.2, 0.25) is 0 Å². The van der Waals surface area contributed by atoms with E-state index in [9.17, 15) is 19.5 Å². The van der Waals surface area contributed by atoms with Gasteiger partial charge in [-0.1, -0.05) is 79.7 Å². The molecule has 3 aromatic rings. The molecule has 1 aromatic heterocycles. The van der Waals surface area contributed by atoms with Crippen LogP contribution in [0.25, 0.3) is 11.1 Å². The largest absolute Gasteiger partial charge is 0.391 e. The minimum absolute atomic E-state index is 0.0208. The lowest BCUT2D eigenvalue weighted by atomic mass is 9.83. The Labute approximate surface area is 245 Å². The zero-order valence-corrected chi connectivity index (χ0v) is 24.0. The highest BCUT2D eigenvalue weighted by Gasteiger charge is 2.46. The summed E-state index contributed by atoms with van der Waals surface area (Å²) in [6.45, 7) is 7.64. The molecule has 42 heavy (non-hydrogen) atoms. The first-order valence-corrected chi connectivity index (χ1v) is 14.4. The van der Waals surface area contributed by atoms with Crippen molar-refractivity contribution < 1.29 is 19.5 Å². The molecule has 4 unspecified atom stereocenters. The Morgan fingerprint density at radius 1 is 1.12 bits per heavy atom. The van der Waals surface area contributed by atoms with Gasteiger partial charge in [-0.25, -0.2) is 4.68 Å². The highest BCUT2D eigenvalue weighted by Crippen LogP contribution is 2.40. The summed E-state index contributed by atoms with van der Waals surface area (Å²) in [5.74, 6) is -1.26.